The highest BCUT2D eigenvalue weighted by Gasteiger charge is 2.30. The van der Waals surface area contributed by atoms with Crippen LogP contribution in [0.15, 0.2) is 0 Å². The van der Waals surface area contributed by atoms with Crippen molar-refractivity contribution in [2.75, 3.05) is 45.9 Å². The summed E-state index contributed by atoms with van der Waals surface area (Å²) >= 11 is 0. The smallest absolute Gasteiger partial charge is 0.0594 e. The van der Waals surface area contributed by atoms with Gasteiger partial charge in [-0.3, -0.25) is 9.80 Å². The molecule has 4 nitrogen and oxygen atoms in total. The molecule has 0 aromatic heterocycles. The molecule has 2 N–H and O–H groups in total. The highest BCUT2D eigenvalue weighted by molar-refractivity contribution is 4.86. The zero-order valence-electron chi connectivity index (χ0n) is 10.4. The van der Waals surface area contributed by atoms with Crippen LogP contribution in [0.3, 0.4) is 0 Å². The lowest BCUT2D eigenvalue weighted by Crippen LogP contribution is -2.45. The molecule has 2 saturated heterocycles. The van der Waals surface area contributed by atoms with Gasteiger partial charge in [-0.15, -0.1) is 0 Å². The molecule has 0 aromatic carbocycles. The Labute approximate surface area is 98.7 Å². The molecule has 16 heavy (non-hydrogen) atoms. The van der Waals surface area contributed by atoms with Crippen LogP contribution in [0.5, 0.6) is 0 Å². The van der Waals surface area contributed by atoms with Crippen LogP contribution >= 0.6 is 0 Å². The molecule has 94 valence electrons. The Hall–Kier alpha value is -0.160. The summed E-state index contributed by atoms with van der Waals surface area (Å²) in [5.41, 5.74) is 5.62. The number of hydrogen-bond donors (Lipinski definition) is 1. The van der Waals surface area contributed by atoms with E-state index >= 15 is 0 Å². The number of hydrogen-bond acceptors (Lipinski definition) is 4. The minimum atomic E-state index is 0.649. The summed E-state index contributed by atoms with van der Waals surface area (Å²) in [4.78, 5) is 5.19. The van der Waals surface area contributed by atoms with Crippen LogP contribution in [0.1, 0.15) is 19.8 Å². The van der Waals surface area contributed by atoms with Gasteiger partial charge in [-0.2, -0.15) is 0 Å². The molecule has 2 unspecified atom stereocenters. The van der Waals surface area contributed by atoms with Crippen molar-refractivity contribution in [2.24, 2.45) is 5.73 Å². The lowest BCUT2D eigenvalue weighted by Gasteiger charge is -2.32. The van der Waals surface area contributed by atoms with Gasteiger partial charge in [0, 0.05) is 38.3 Å². The van der Waals surface area contributed by atoms with Crippen molar-refractivity contribution in [3.63, 3.8) is 0 Å². The van der Waals surface area contributed by atoms with E-state index in [1.165, 1.54) is 19.5 Å². The fourth-order valence-electron chi connectivity index (χ4n) is 2.83. The minimum absolute atomic E-state index is 0.649. The number of nitrogens with zero attached hydrogens (tertiary/aromatic N) is 2. The van der Waals surface area contributed by atoms with E-state index in [9.17, 15) is 0 Å². The first-order valence-corrected chi connectivity index (χ1v) is 6.57. The predicted molar refractivity (Wildman–Crippen MR) is 65.5 cm³/mol. The summed E-state index contributed by atoms with van der Waals surface area (Å²) in [6, 6.07) is 1.40. The third kappa shape index (κ3) is 2.94. The zero-order chi connectivity index (χ0) is 11.4. The Morgan fingerprint density at radius 2 is 2.06 bits per heavy atom. The lowest BCUT2D eigenvalue weighted by atomic mass is 10.2. The average molecular weight is 227 g/mol. The molecule has 4 heteroatoms. The summed E-state index contributed by atoms with van der Waals surface area (Å²) < 4.78 is 5.40. The average Bonchev–Trinajstić information content (AvgIpc) is 2.80. The quantitative estimate of drug-likeness (QED) is 0.741. The maximum Gasteiger partial charge on any atom is 0.0594 e. The van der Waals surface area contributed by atoms with Gasteiger partial charge in [0.1, 0.15) is 0 Å². The van der Waals surface area contributed by atoms with Gasteiger partial charge >= 0.3 is 0 Å². The molecular formula is C12H25N3O. The third-order valence-electron chi connectivity index (χ3n) is 3.96. The Morgan fingerprint density at radius 1 is 1.31 bits per heavy atom. The van der Waals surface area contributed by atoms with Crippen LogP contribution < -0.4 is 5.73 Å². The number of ether oxygens (including phenoxy) is 1. The second-order valence-electron chi connectivity index (χ2n) is 5.01. The molecule has 0 saturated carbocycles. The fourth-order valence-corrected chi connectivity index (χ4v) is 2.83. The van der Waals surface area contributed by atoms with Gasteiger partial charge in [0.2, 0.25) is 0 Å². The molecule has 2 heterocycles. The molecule has 0 bridgehead atoms. The summed E-state index contributed by atoms with van der Waals surface area (Å²) in [5, 5.41) is 0. The maximum absolute atomic E-state index is 5.62. The summed E-state index contributed by atoms with van der Waals surface area (Å²) in [6.07, 6.45) is 2.44. The van der Waals surface area contributed by atoms with Crippen molar-refractivity contribution in [1.29, 1.82) is 0 Å². The predicted octanol–water partition coefficient (Wildman–Crippen LogP) is 0.130. The Balaban J connectivity index is 1.78. The SMILES string of the molecule is CC(CCN)N1CCC(N2CCOCC2)C1. The van der Waals surface area contributed by atoms with E-state index in [4.69, 9.17) is 10.5 Å². The second kappa shape index (κ2) is 5.96. The van der Waals surface area contributed by atoms with E-state index in [-0.39, 0.29) is 0 Å². The van der Waals surface area contributed by atoms with Crippen LogP contribution in [-0.2, 0) is 4.74 Å². The van der Waals surface area contributed by atoms with E-state index in [2.05, 4.69) is 16.7 Å². The molecular weight excluding hydrogens is 202 g/mol. The largest absolute Gasteiger partial charge is 0.379 e. The van der Waals surface area contributed by atoms with E-state index in [0.717, 1.165) is 45.3 Å². The minimum Gasteiger partial charge on any atom is -0.379 e. The number of nitrogens with two attached hydrogens (primary N) is 1. The highest BCUT2D eigenvalue weighted by atomic mass is 16.5. The molecule has 2 fully saturated rings. The van der Waals surface area contributed by atoms with Gasteiger partial charge in [-0.05, 0) is 26.3 Å². The highest BCUT2D eigenvalue weighted by Crippen LogP contribution is 2.19. The van der Waals surface area contributed by atoms with Crippen molar-refractivity contribution in [3.8, 4) is 0 Å². The first-order chi connectivity index (χ1) is 7.81. The number of morpholine rings is 1. The van der Waals surface area contributed by atoms with Crippen molar-refractivity contribution >= 4 is 0 Å². The maximum atomic E-state index is 5.62. The number of rotatable bonds is 4. The normalized spacial score (nSPS) is 30.8. The van der Waals surface area contributed by atoms with Crippen molar-refractivity contribution < 1.29 is 4.74 Å². The zero-order valence-corrected chi connectivity index (χ0v) is 10.4. The van der Waals surface area contributed by atoms with Gasteiger partial charge in [0.15, 0.2) is 0 Å². The van der Waals surface area contributed by atoms with Crippen LogP contribution in [0.4, 0.5) is 0 Å². The van der Waals surface area contributed by atoms with E-state index in [1.54, 1.807) is 0 Å². The summed E-state index contributed by atoms with van der Waals surface area (Å²) in [5.74, 6) is 0. The first kappa shape index (κ1) is 12.3. The van der Waals surface area contributed by atoms with Gasteiger partial charge < -0.3 is 10.5 Å². The van der Waals surface area contributed by atoms with Gasteiger partial charge in [-0.1, -0.05) is 0 Å². The molecule has 2 aliphatic heterocycles. The number of likely N-dealkylation sites (tertiary alicyclic amines) is 1. The molecule has 0 aliphatic carbocycles. The van der Waals surface area contributed by atoms with Crippen molar-refractivity contribution in [3.05, 3.63) is 0 Å². The molecule has 0 radical (unpaired) electrons. The van der Waals surface area contributed by atoms with Crippen LogP contribution in [0.25, 0.3) is 0 Å². The van der Waals surface area contributed by atoms with Crippen molar-refractivity contribution in [1.82, 2.24) is 9.80 Å². The van der Waals surface area contributed by atoms with Crippen LogP contribution in [0, 0.1) is 0 Å². The van der Waals surface area contributed by atoms with Crippen LogP contribution in [0.2, 0.25) is 0 Å². The van der Waals surface area contributed by atoms with Gasteiger partial charge in [0.25, 0.3) is 0 Å². The Morgan fingerprint density at radius 3 is 2.75 bits per heavy atom. The van der Waals surface area contributed by atoms with Crippen LogP contribution in [-0.4, -0.2) is 67.8 Å². The second-order valence-corrected chi connectivity index (χ2v) is 5.01. The van der Waals surface area contributed by atoms with E-state index < -0.39 is 0 Å². The van der Waals surface area contributed by atoms with E-state index in [1.807, 2.05) is 0 Å². The Bertz CT molecular complexity index is 206. The lowest BCUT2D eigenvalue weighted by molar-refractivity contribution is 0.0177. The standard InChI is InChI=1S/C12H25N3O/c1-11(2-4-13)15-5-3-12(10-15)14-6-8-16-9-7-14/h11-12H,2-10,13H2,1H3. The first-order valence-electron chi connectivity index (χ1n) is 6.57. The topological polar surface area (TPSA) is 41.7 Å². The molecule has 0 amide bonds. The van der Waals surface area contributed by atoms with Crippen molar-refractivity contribution in [2.45, 2.75) is 31.8 Å². The summed E-state index contributed by atoms with van der Waals surface area (Å²) in [7, 11) is 0. The molecule has 2 rings (SSSR count). The Kier molecular flexibility index (Phi) is 4.58. The van der Waals surface area contributed by atoms with Gasteiger partial charge in [-0.25, -0.2) is 0 Å². The van der Waals surface area contributed by atoms with E-state index in [0.29, 0.717) is 6.04 Å². The monoisotopic (exact) mass is 227 g/mol. The fraction of sp³-hybridized carbons (Fsp3) is 1.00. The molecule has 0 aromatic rings. The summed E-state index contributed by atoms with van der Waals surface area (Å²) in [6.45, 7) is 9.62. The molecule has 0 spiro atoms. The van der Waals surface area contributed by atoms with Gasteiger partial charge in [0.05, 0.1) is 13.2 Å². The molecule has 2 aliphatic rings. The third-order valence-corrected chi connectivity index (χ3v) is 3.96. The molecule has 2 atom stereocenters.